The highest BCUT2D eigenvalue weighted by Gasteiger charge is 2.09. The third kappa shape index (κ3) is 4.02. The van der Waals surface area contributed by atoms with Gasteiger partial charge in [0, 0.05) is 6.42 Å². The standard InChI is InChI=1S/C14H16O4/c1-4-10(2)18-12-7-5-11(6-8-14(15)16)9-13(12)17-3/h1,5,7,9-10H,6,8H2,2-3H3,(H,15,16). The second-order valence-electron chi connectivity index (χ2n) is 3.81. The topological polar surface area (TPSA) is 55.8 Å². The lowest BCUT2D eigenvalue weighted by molar-refractivity contribution is -0.136. The van der Waals surface area contributed by atoms with Crippen LogP contribution in [-0.4, -0.2) is 24.3 Å². The fourth-order valence-corrected chi connectivity index (χ4v) is 1.44. The van der Waals surface area contributed by atoms with Crippen LogP contribution in [0, 0.1) is 12.3 Å². The quantitative estimate of drug-likeness (QED) is 0.783. The van der Waals surface area contributed by atoms with E-state index in [1.54, 1.807) is 19.1 Å². The minimum atomic E-state index is -0.824. The summed E-state index contributed by atoms with van der Waals surface area (Å²) in [4.78, 5) is 10.5. The van der Waals surface area contributed by atoms with E-state index >= 15 is 0 Å². The smallest absolute Gasteiger partial charge is 0.303 e. The van der Waals surface area contributed by atoms with E-state index in [4.69, 9.17) is 21.0 Å². The number of carbonyl (C=O) groups is 1. The molecule has 0 saturated carbocycles. The van der Waals surface area contributed by atoms with Gasteiger partial charge < -0.3 is 14.6 Å². The Morgan fingerprint density at radius 3 is 2.78 bits per heavy atom. The van der Waals surface area contributed by atoms with Gasteiger partial charge in [0.25, 0.3) is 0 Å². The zero-order valence-electron chi connectivity index (χ0n) is 10.5. The fourth-order valence-electron chi connectivity index (χ4n) is 1.44. The molecule has 4 heteroatoms. The van der Waals surface area contributed by atoms with Gasteiger partial charge in [-0.25, -0.2) is 0 Å². The maximum atomic E-state index is 10.5. The number of hydrogen-bond acceptors (Lipinski definition) is 3. The van der Waals surface area contributed by atoms with Crippen LogP contribution >= 0.6 is 0 Å². The summed E-state index contributed by atoms with van der Waals surface area (Å²) in [6.07, 6.45) is 5.44. The Morgan fingerprint density at radius 1 is 1.50 bits per heavy atom. The Balaban J connectivity index is 2.83. The van der Waals surface area contributed by atoms with E-state index in [2.05, 4.69) is 5.92 Å². The van der Waals surface area contributed by atoms with Gasteiger partial charge in [-0.05, 0) is 31.0 Å². The van der Waals surface area contributed by atoms with Crippen molar-refractivity contribution in [1.29, 1.82) is 0 Å². The Kier molecular flexibility index (Phi) is 5.06. The van der Waals surface area contributed by atoms with Crippen molar-refractivity contribution in [3.8, 4) is 23.8 Å². The largest absolute Gasteiger partial charge is 0.493 e. The lowest BCUT2D eigenvalue weighted by Crippen LogP contribution is -2.09. The summed E-state index contributed by atoms with van der Waals surface area (Å²) in [5.74, 6) is 2.75. The number of benzene rings is 1. The van der Waals surface area contributed by atoms with E-state index in [-0.39, 0.29) is 12.5 Å². The second-order valence-corrected chi connectivity index (χ2v) is 3.81. The monoisotopic (exact) mass is 248 g/mol. The molecular formula is C14H16O4. The summed E-state index contributed by atoms with van der Waals surface area (Å²) >= 11 is 0. The van der Waals surface area contributed by atoms with Gasteiger partial charge >= 0.3 is 5.97 Å². The number of aliphatic carboxylic acids is 1. The van der Waals surface area contributed by atoms with Gasteiger partial charge in [0.2, 0.25) is 0 Å². The molecule has 1 unspecified atom stereocenters. The van der Waals surface area contributed by atoms with Crippen molar-refractivity contribution in [2.75, 3.05) is 7.11 Å². The second kappa shape index (κ2) is 6.55. The first-order chi connectivity index (χ1) is 8.56. The molecule has 1 atom stereocenters. The summed E-state index contributed by atoms with van der Waals surface area (Å²) in [6.45, 7) is 1.76. The zero-order chi connectivity index (χ0) is 13.5. The van der Waals surface area contributed by atoms with Crippen LogP contribution in [0.25, 0.3) is 0 Å². The van der Waals surface area contributed by atoms with Crippen LogP contribution < -0.4 is 9.47 Å². The van der Waals surface area contributed by atoms with Gasteiger partial charge in [0.1, 0.15) is 0 Å². The van der Waals surface area contributed by atoms with Crippen molar-refractivity contribution >= 4 is 5.97 Å². The average molecular weight is 248 g/mol. The van der Waals surface area contributed by atoms with Crippen LogP contribution in [0.5, 0.6) is 11.5 Å². The Hall–Kier alpha value is -2.15. The van der Waals surface area contributed by atoms with Crippen LogP contribution in [0.4, 0.5) is 0 Å². The molecule has 0 heterocycles. The van der Waals surface area contributed by atoms with Crippen molar-refractivity contribution in [3.63, 3.8) is 0 Å². The molecule has 0 fully saturated rings. The van der Waals surface area contributed by atoms with Gasteiger partial charge in [-0.3, -0.25) is 4.79 Å². The highest BCUT2D eigenvalue weighted by Crippen LogP contribution is 2.29. The molecule has 0 bridgehead atoms. The molecule has 0 saturated heterocycles. The predicted octanol–water partition coefficient (Wildman–Crippen LogP) is 2.11. The first-order valence-electron chi connectivity index (χ1n) is 5.58. The van der Waals surface area contributed by atoms with Crippen molar-refractivity contribution in [1.82, 2.24) is 0 Å². The SMILES string of the molecule is C#CC(C)Oc1ccc(CCC(=O)O)cc1OC. The normalized spacial score (nSPS) is 11.4. The number of terminal acetylenes is 1. The third-order valence-corrected chi connectivity index (χ3v) is 2.39. The van der Waals surface area contributed by atoms with Crippen molar-refractivity contribution < 1.29 is 19.4 Å². The molecule has 0 amide bonds. The summed E-state index contributed by atoms with van der Waals surface area (Å²) < 4.78 is 10.7. The zero-order valence-corrected chi connectivity index (χ0v) is 10.5. The molecule has 0 spiro atoms. The van der Waals surface area contributed by atoms with Crippen LogP contribution in [0.3, 0.4) is 0 Å². The molecule has 96 valence electrons. The maximum absolute atomic E-state index is 10.5. The lowest BCUT2D eigenvalue weighted by Gasteiger charge is -2.13. The van der Waals surface area contributed by atoms with Crippen molar-refractivity contribution in [3.05, 3.63) is 23.8 Å². The molecule has 1 N–H and O–H groups in total. The minimum absolute atomic E-state index is 0.0874. The highest BCUT2D eigenvalue weighted by atomic mass is 16.5. The minimum Gasteiger partial charge on any atom is -0.493 e. The molecule has 18 heavy (non-hydrogen) atoms. The molecule has 1 rings (SSSR count). The third-order valence-electron chi connectivity index (χ3n) is 2.39. The van der Waals surface area contributed by atoms with E-state index in [0.717, 1.165) is 5.56 Å². The number of methoxy groups -OCH3 is 1. The van der Waals surface area contributed by atoms with E-state index in [1.807, 2.05) is 6.07 Å². The van der Waals surface area contributed by atoms with Gasteiger partial charge in [-0.15, -0.1) is 6.42 Å². The summed E-state index contributed by atoms with van der Waals surface area (Å²) in [7, 11) is 1.53. The summed E-state index contributed by atoms with van der Waals surface area (Å²) in [6, 6.07) is 5.31. The van der Waals surface area contributed by atoms with Crippen LogP contribution in [0.2, 0.25) is 0 Å². The first kappa shape index (κ1) is 13.9. The molecular weight excluding hydrogens is 232 g/mol. The van der Waals surface area contributed by atoms with E-state index < -0.39 is 5.97 Å². The van der Waals surface area contributed by atoms with E-state index in [9.17, 15) is 4.79 Å². The van der Waals surface area contributed by atoms with E-state index in [1.165, 1.54) is 7.11 Å². The average Bonchev–Trinajstić information content (AvgIpc) is 2.37. The number of hydrogen-bond donors (Lipinski definition) is 1. The molecule has 0 radical (unpaired) electrons. The van der Waals surface area contributed by atoms with Gasteiger partial charge in [0.05, 0.1) is 7.11 Å². The van der Waals surface area contributed by atoms with Crippen LogP contribution in [0.15, 0.2) is 18.2 Å². The Morgan fingerprint density at radius 2 is 2.22 bits per heavy atom. The van der Waals surface area contributed by atoms with Crippen LogP contribution in [0.1, 0.15) is 18.9 Å². The van der Waals surface area contributed by atoms with Crippen LogP contribution in [-0.2, 0) is 11.2 Å². The molecule has 1 aromatic carbocycles. The Labute approximate surface area is 107 Å². The number of ether oxygens (including phenoxy) is 2. The molecule has 4 nitrogen and oxygen atoms in total. The first-order valence-corrected chi connectivity index (χ1v) is 5.58. The number of aryl methyl sites for hydroxylation is 1. The number of carboxylic acid groups (broad SMARTS) is 1. The van der Waals surface area contributed by atoms with Gasteiger partial charge in [-0.1, -0.05) is 12.0 Å². The van der Waals surface area contributed by atoms with Gasteiger partial charge in [0.15, 0.2) is 17.6 Å². The molecule has 0 aliphatic carbocycles. The van der Waals surface area contributed by atoms with Crippen molar-refractivity contribution in [2.24, 2.45) is 0 Å². The fraction of sp³-hybridized carbons (Fsp3) is 0.357. The molecule has 0 aliphatic heterocycles. The predicted molar refractivity (Wildman–Crippen MR) is 67.9 cm³/mol. The van der Waals surface area contributed by atoms with Crippen molar-refractivity contribution in [2.45, 2.75) is 25.9 Å². The highest BCUT2D eigenvalue weighted by molar-refractivity contribution is 5.67. The number of rotatable bonds is 6. The number of carboxylic acids is 1. The molecule has 1 aromatic rings. The van der Waals surface area contributed by atoms with E-state index in [0.29, 0.717) is 17.9 Å². The van der Waals surface area contributed by atoms with Gasteiger partial charge in [-0.2, -0.15) is 0 Å². The lowest BCUT2D eigenvalue weighted by atomic mass is 10.1. The summed E-state index contributed by atoms with van der Waals surface area (Å²) in [5, 5.41) is 8.63. The maximum Gasteiger partial charge on any atom is 0.303 e. The molecule has 0 aromatic heterocycles. The summed E-state index contributed by atoms with van der Waals surface area (Å²) in [5.41, 5.74) is 0.884. The molecule has 0 aliphatic rings. The Bertz CT molecular complexity index is 459.